The standard InChI is InChI=1S/C20H21NO4S/c1-3-4-13-25-20-16(9-8-12-19(20)24-2)14-18(15-21)26(22,23)17-10-6-5-7-11-17/h5-12,14H,3-4,13H2,1-2H3. The van der Waals surface area contributed by atoms with Crippen LogP contribution in [-0.2, 0) is 9.84 Å². The van der Waals surface area contributed by atoms with Gasteiger partial charge in [0.1, 0.15) is 11.0 Å². The van der Waals surface area contributed by atoms with E-state index in [2.05, 4.69) is 0 Å². The molecule has 0 atom stereocenters. The molecule has 0 aliphatic heterocycles. The van der Waals surface area contributed by atoms with Crippen molar-refractivity contribution in [1.29, 1.82) is 5.26 Å². The first-order valence-corrected chi connectivity index (χ1v) is 9.74. The van der Waals surface area contributed by atoms with Crippen molar-refractivity contribution < 1.29 is 17.9 Å². The molecule has 0 aliphatic rings. The minimum absolute atomic E-state index is 0.0733. The molecule has 2 aromatic carbocycles. The Hall–Kier alpha value is -2.78. The van der Waals surface area contributed by atoms with Crippen LogP contribution >= 0.6 is 0 Å². The first-order chi connectivity index (χ1) is 12.5. The van der Waals surface area contributed by atoms with Crippen LogP contribution < -0.4 is 9.47 Å². The number of benzene rings is 2. The summed E-state index contributed by atoms with van der Waals surface area (Å²) in [4.78, 5) is -0.276. The van der Waals surface area contributed by atoms with Gasteiger partial charge in [-0.05, 0) is 30.7 Å². The topological polar surface area (TPSA) is 76.4 Å². The van der Waals surface area contributed by atoms with Gasteiger partial charge in [-0.25, -0.2) is 8.42 Å². The number of allylic oxidation sites excluding steroid dienone is 1. The van der Waals surface area contributed by atoms with Gasteiger partial charge in [-0.2, -0.15) is 5.26 Å². The normalized spacial score (nSPS) is 11.7. The van der Waals surface area contributed by atoms with Crippen molar-refractivity contribution in [3.63, 3.8) is 0 Å². The van der Waals surface area contributed by atoms with Crippen LogP contribution in [-0.4, -0.2) is 22.1 Å². The molecule has 0 spiro atoms. The van der Waals surface area contributed by atoms with E-state index in [-0.39, 0.29) is 9.80 Å². The van der Waals surface area contributed by atoms with Crippen LogP contribution in [0.5, 0.6) is 11.5 Å². The fraction of sp³-hybridized carbons (Fsp3) is 0.250. The molecule has 136 valence electrons. The van der Waals surface area contributed by atoms with Gasteiger partial charge in [0.05, 0.1) is 18.6 Å². The van der Waals surface area contributed by atoms with Crippen molar-refractivity contribution in [3.05, 3.63) is 59.0 Å². The van der Waals surface area contributed by atoms with Crippen molar-refractivity contribution in [3.8, 4) is 17.6 Å². The van der Waals surface area contributed by atoms with Crippen LogP contribution in [0.1, 0.15) is 25.3 Å². The molecule has 0 radical (unpaired) electrons. The lowest BCUT2D eigenvalue weighted by atomic mass is 10.1. The number of unbranched alkanes of at least 4 members (excludes halogenated alkanes) is 1. The van der Waals surface area contributed by atoms with Crippen molar-refractivity contribution in [2.24, 2.45) is 0 Å². The van der Waals surface area contributed by atoms with Gasteiger partial charge in [0.15, 0.2) is 11.5 Å². The molecule has 2 rings (SSSR count). The van der Waals surface area contributed by atoms with Crippen LogP contribution in [0, 0.1) is 11.3 Å². The molecule has 2 aromatic rings. The van der Waals surface area contributed by atoms with Crippen molar-refractivity contribution >= 4 is 15.9 Å². The van der Waals surface area contributed by atoms with Gasteiger partial charge in [-0.15, -0.1) is 0 Å². The lowest BCUT2D eigenvalue weighted by molar-refractivity contribution is 0.287. The van der Waals surface area contributed by atoms with E-state index >= 15 is 0 Å². The van der Waals surface area contributed by atoms with Crippen molar-refractivity contribution in [2.75, 3.05) is 13.7 Å². The van der Waals surface area contributed by atoms with Gasteiger partial charge >= 0.3 is 0 Å². The molecule has 0 saturated carbocycles. The summed E-state index contributed by atoms with van der Waals surface area (Å²) in [5, 5.41) is 9.45. The fourth-order valence-corrected chi connectivity index (χ4v) is 3.49. The van der Waals surface area contributed by atoms with E-state index in [1.165, 1.54) is 25.3 Å². The molecule has 0 aromatic heterocycles. The van der Waals surface area contributed by atoms with Crippen LogP contribution in [0.4, 0.5) is 0 Å². The predicted octanol–water partition coefficient (Wildman–Crippen LogP) is 4.21. The molecule has 0 fully saturated rings. The number of methoxy groups -OCH3 is 1. The molecule has 6 heteroatoms. The monoisotopic (exact) mass is 371 g/mol. The highest BCUT2D eigenvalue weighted by Gasteiger charge is 2.21. The van der Waals surface area contributed by atoms with Crippen LogP contribution in [0.3, 0.4) is 0 Å². The lowest BCUT2D eigenvalue weighted by Gasteiger charge is -2.13. The van der Waals surface area contributed by atoms with E-state index in [1.54, 1.807) is 42.5 Å². The average Bonchev–Trinajstić information content (AvgIpc) is 2.67. The number of hydrogen-bond donors (Lipinski definition) is 0. The lowest BCUT2D eigenvalue weighted by Crippen LogP contribution is -2.04. The second-order valence-electron chi connectivity index (χ2n) is 5.52. The van der Waals surface area contributed by atoms with E-state index < -0.39 is 9.84 Å². The van der Waals surface area contributed by atoms with Gasteiger partial charge in [0, 0.05) is 5.56 Å². The predicted molar refractivity (Wildman–Crippen MR) is 101 cm³/mol. The summed E-state index contributed by atoms with van der Waals surface area (Å²) in [5.41, 5.74) is 0.483. The molecular weight excluding hydrogens is 350 g/mol. The van der Waals surface area contributed by atoms with Gasteiger partial charge in [-0.1, -0.05) is 43.7 Å². The fourth-order valence-electron chi connectivity index (χ4n) is 2.32. The Labute approximate surface area is 154 Å². The Morgan fingerprint density at radius 2 is 1.88 bits per heavy atom. The van der Waals surface area contributed by atoms with Crippen LogP contribution in [0.2, 0.25) is 0 Å². The zero-order valence-electron chi connectivity index (χ0n) is 14.8. The maximum absolute atomic E-state index is 12.7. The van der Waals surface area contributed by atoms with E-state index in [0.29, 0.717) is 23.7 Å². The van der Waals surface area contributed by atoms with Crippen molar-refractivity contribution in [1.82, 2.24) is 0 Å². The summed E-state index contributed by atoms with van der Waals surface area (Å²) in [6, 6.07) is 14.8. The molecule has 0 N–H and O–H groups in total. The third-order valence-electron chi connectivity index (χ3n) is 3.71. The third-order valence-corrected chi connectivity index (χ3v) is 5.39. The molecule has 0 bridgehead atoms. The number of ether oxygens (including phenoxy) is 2. The summed E-state index contributed by atoms with van der Waals surface area (Å²) >= 11 is 0. The molecule has 0 saturated heterocycles. The summed E-state index contributed by atoms with van der Waals surface area (Å²) in [5.74, 6) is 0.920. The summed E-state index contributed by atoms with van der Waals surface area (Å²) < 4.78 is 36.6. The number of nitrogens with zero attached hydrogens (tertiary/aromatic N) is 1. The maximum atomic E-state index is 12.7. The van der Waals surface area contributed by atoms with Gasteiger partial charge in [0.25, 0.3) is 0 Å². The molecule has 0 unspecified atom stereocenters. The second-order valence-corrected chi connectivity index (χ2v) is 7.44. The number of rotatable bonds is 8. The first-order valence-electron chi connectivity index (χ1n) is 8.26. The van der Waals surface area contributed by atoms with Gasteiger partial charge in [0.2, 0.25) is 9.84 Å². The zero-order chi connectivity index (χ0) is 19.0. The SMILES string of the molecule is CCCCOc1c(C=C(C#N)S(=O)(=O)c2ccccc2)cccc1OC. The number of nitriles is 1. The highest BCUT2D eigenvalue weighted by molar-refractivity contribution is 7.95. The quantitative estimate of drug-likeness (QED) is 0.513. The van der Waals surface area contributed by atoms with E-state index in [1.807, 2.05) is 6.92 Å². The molecule has 0 heterocycles. The molecule has 26 heavy (non-hydrogen) atoms. The van der Waals surface area contributed by atoms with Crippen LogP contribution in [0.25, 0.3) is 6.08 Å². The zero-order valence-corrected chi connectivity index (χ0v) is 15.6. The molecule has 5 nitrogen and oxygen atoms in total. The second kappa shape index (κ2) is 9.07. The van der Waals surface area contributed by atoms with E-state index in [4.69, 9.17) is 9.47 Å². The van der Waals surface area contributed by atoms with Crippen LogP contribution in [0.15, 0.2) is 58.3 Å². The Morgan fingerprint density at radius 3 is 2.50 bits per heavy atom. The first kappa shape index (κ1) is 19.5. The van der Waals surface area contributed by atoms with Gasteiger partial charge in [-0.3, -0.25) is 0 Å². The minimum atomic E-state index is -3.91. The van der Waals surface area contributed by atoms with E-state index in [0.717, 1.165) is 12.8 Å². The smallest absolute Gasteiger partial charge is 0.216 e. The summed E-state index contributed by atoms with van der Waals surface area (Å²) in [6.45, 7) is 2.53. The van der Waals surface area contributed by atoms with E-state index in [9.17, 15) is 13.7 Å². The Morgan fingerprint density at radius 1 is 1.15 bits per heavy atom. The maximum Gasteiger partial charge on any atom is 0.216 e. The number of hydrogen-bond acceptors (Lipinski definition) is 5. The summed E-state index contributed by atoms with van der Waals surface area (Å²) in [7, 11) is -2.39. The van der Waals surface area contributed by atoms with Gasteiger partial charge < -0.3 is 9.47 Å². The molecular formula is C20H21NO4S. The largest absolute Gasteiger partial charge is 0.493 e. The Bertz CT molecular complexity index is 913. The third kappa shape index (κ3) is 4.44. The number of para-hydroxylation sites is 1. The minimum Gasteiger partial charge on any atom is -0.493 e. The highest BCUT2D eigenvalue weighted by atomic mass is 32.2. The number of sulfone groups is 1. The van der Waals surface area contributed by atoms with Crippen molar-refractivity contribution in [2.45, 2.75) is 24.7 Å². The average molecular weight is 371 g/mol. The Balaban J connectivity index is 2.51. The summed E-state index contributed by atoms with van der Waals surface area (Å²) in [6.07, 6.45) is 3.15. The molecule has 0 amide bonds. The Kier molecular flexibility index (Phi) is 6.81. The highest BCUT2D eigenvalue weighted by Crippen LogP contribution is 2.34. The molecule has 0 aliphatic carbocycles.